The Morgan fingerprint density at radius 3 is 2.53 bits per heavy atom. The first kappa shape index (κ1) is 23.1. The molecule has 1 fully saturated rings. The third kappa shape index (κ3) is 5.17. The molecule has 1 N–H and O–H groups in total. The quantitative estimate of drug-likeness (QED) is 0.472. The van der Waals surface area contributed by atoms with E-state index in [1.54, 1.807) is 18.2 Å². The van der Waals surface area contributed by atoms with Gasteiger partial charge in [-0.15, -0.1) is 6.58 Å². The number of methoxy groups -OCH3 is 2. The Kier molecular flexibility index (Phi) is 7.32. The molecule has 0 saturated carbocycles. The predicted molar refractivity (Wildman–Crippen MR) is 121 cm³/mol. The number of rotatable bonds is 8. The fraction of sp³-hybridized carbons (Fsp3) is 0.174. The molecular weight excluding hydrogens is 435 g/mol. The summed E-state index contributed by atoms with van der Waals surface area (Å²) in [6.07, 6.45) is 3.80. The highest BCUT2D eigenvalue weighted by Gasteiger charge is 2.36. The summed E-state index contributed by atoms with van der Waals surface area (Å²) in [5.74, 6) is -0.537. The van der Waals surface area contributed by atoms with Gasteiger partial charge in [0.1, 0.15) is 12.4 Å². The van der Waals surface area contributed by atoms with Crippen LogP contribution in [0.15, 0.2) is 54.0 Å². The molecule has 9 heteroatoms. The fourth-order valence-electron chi connectivity index (χ4n) is 3.12. The SMILES string of the molecule is C=CCc1cc(/C=C2\SC(=O)N(CC(=O)Nc3ccc(F)cc3)C2=O)cc(OC)c1OC. The lowest BCUT2D eigenvalue weighted by atomic mass is 10.0. The molecule has 1 heterocycles. The van der Waals surface area contributed by atoms with Gasteiger partial charge in [-0.25, -0.2) is 4.39 Å². The number of imide groups is 1. The fourth-order valence-corrected chi connectivity index (χ4v) is 3.96. The molecule has 1 aliphatic heterocycles. The predicted octanol–water partition coefficient (Wildman–Crippen LogP) is 4.25. The van der Waals surface area contributed by atoms with Gasteiger partial charge in [-0.05, 0) is 66.2 Å². The summed E-state index contributed by atoms with van der Waals surface area (Å²) in [6, 6.07) is 8.68. The molecule has 3 amide bonds. The third-order valence-electron chi connectivity index (χ3n) is 4.54. The summed E-state index contributed by atoms with van der Waals surface area (Å²) in [6.45, 7) is 3.28. The first-order valence-electron chi connectivity index (χ1n) is 9.52. The van der Waals surface area contributed by atoms with E-state index in [-0.39, 0.29) is 4.91 Å². The maximum absolute atomic E-state index is 13.0. The number of carbonyl (C=O) groups excluding carboxylic acids is 3. The van der Waals surface area contributed by atoms with E-state index in [1.165, 1.54) is 38.5 Å². The standard InChI is InChI=1S/C23H21FN2O5S/c1-4-5-15-10-14(11-18(30-2)21(15)31-3)12-19-22(28)26(23(29)32-19)13-20(27)25-17-8-6-16(24)7-9-17/h4,6-12H,1,5,13H2,2-3H3,(H,25,27)/b19-12-. The Morgan fingerprint density at radius 2 is 1.91 bits per heavy atom. The van der Waals surface area contributed by atoms with Crippen LogP contribution in [0.25, 0.3) is 6.08 Å². The molecule has 0 spiro atoms. The highest BCUT2D eigenvalue weighted by atomic mass is 32.2. The van der Waals surface area contributed by atoms with Crippen molar-refractivity contribution in [2.45, 2.75) is 6.42 Å². The van der Waals surface area contributed by atoms with E-state index in [0.29, 0.717) is 29.2 Å². The highest BCUT2D eigenvalue weighted by molar-refractivity contribution is 8.18. The lowest BCUT2D eigenvalue weighted by Gasteiger charge is -2.13. The monoisotopic (exact) mass is 456 g/mol. The molecule has 0 radical (unpaired) electrons. The summed E-state index contributed by atoms with van der Waals surface area (Å²) < 4.78 is 23.8. The zero-order chi connectivity index (χ0) is 23.3. The van der Waals surface area contributed by atoms with E-state index in [9.17, 15) is 18.8 Å². The van der Waals surface area contributed by atoms with Gasteiger partial charge < -0.3 is 14.8 Å². The Morgan fingerprint density at radius 1 is 1.19 bits per heavy atom. The number of thioether (sulfide) groups is 1. The average molecular weight is 456 g/mol. The Hall–Kier alpha value is -3.59. The molecule has 0 unspecified atom stereocenters. The van der Waals surface area contributed by atoms with E-state index >= 15 is 0 Å². The van der Waals surface area contributed by atoms with Crippen LogP contribution in [-0.2, 0) is 16.0 Å². The van der Waals surface area contributed by atoms with Gasteiger partial charge in [-0.3, -0.25) is 19.3 Å². The van der Waals surface area contributed by atoms with Crippen LogP contribution in [0.2, 0.25) is 0 Å². The Labute approximate surface area is 188 Å². The van der Waals surface area contributed by atoms with Crippen LogP contribution >= 0.6 is 11.8 Å². The Bertz CT molecular complexity index is 1100. The molecule has 32 heavy (non-hydrogen) atoms. The smallest absolute Gasteiger partial charge is 0.294 e. The first-order chi connectivity index (χ1) is 15.4. The van der Waals surface area contributed by atoms with Crippen molar-refractivity contribution in [1.82, 2.24) is 4.90 Å². The minimum atomic E-state index is -0.575. The van der Waals surface area contributed by atoms with Gasteiger partial charge >= 0.3 is 0 Å². The van der Waals surface area contributed by atoms with E-state index in [1.807, 2.05) is 6.07 Å². The summed E-state index contributed by atoms with van der Waals surface area (Å²) in [7, 11) is 3.04. The number of ether oxygens (including phenoxy) is 2. The number of amides is 3. The molecule has 0 bridgehead atoms. The molecule has 1 aliphatic rings. The number of nitrogens with zero attached hydrogens (tertiary/aromatic N) is 1. The zero-order valence-electron chi connectivity index (χ0n) is 17.5. The minimum Gasteiger partial charge on any atom is -0.493 e. The van der Waals surface area contributed by atoms with Gasteiger partial charge in [0.25, 0.3) is 11.1 Å². The summed E-state index contributed by atoms with van der Waals surface area (Å²) in [5.41, 5.74) is 1.81. The van der Waals surface area contributed by atoms with E-state index in [2.05, 4.69) is 11.9 Å². The molecule has 1 saturated heterocycles. The molecule has 2 aromatic carbocycles. The van der Waals surface area contributed by atoms with E-state index < -0.39 is 29.4 Å². The van der Waals surface area contributed by atoms with Crippen LogP contribution in [-0.4, -0.2) is 42.7 Å². The third-order valence-corrected chi connectivity index (χ3v) is 5.45. The summed E-state index contributed by atoms with van der Waals surface area (Å²) >= 11 is 0.746. The summed E-state index contributed by atoms with van der Waals surface area (Å²) in [4.78, 5) is 38.4. The highest BCUT2D eigenvalue weighted by Crippen LogP contribution is 2.36. The molecule has 7 nitrogen and oxygen atoms in total. The van der Waals surface area contributed by atoms with E-state index in [4.69, 9.17) is 9.47 Å². The number of nitrogens with one attached hydrogen (secondary N) is 1. The second-order valence-corrected chi connectivity index (χ2v) is 7.72. The molecule has 2 aromatic rings. The topological polar surface area (TPSA) is 84.9 Å². The number of hydrogen-bond donors (Lipinski definition) is 1. The van der Waals surface area contributed by atoms with Crippen LogP contribution in [0.4, 0.5) is 14.9 Å². The number of benzene rings is 2. The van der Waals surface area contributed by atoms with Crippen molar-refractivity contribution in [2.75, 3.05) is 26.1 Å². The normalized spacial score (nSPS) is 14.6. The zero-order valence-corrected chi connectivity index (χ0v) is 18.3. The van der Waals surface area contributed by atoms with Gasteiger partial charge in [0, 0.05) is 11.3 Å². The molecular formula is C23H21FN2O5S. The summed E-state index contributed by atoms with van der Waals surface area (Å²) in [5, 5.41) is 1.98. The number of halogens is 1. The number of anilines is 1. The van der Waals surface area contributed by atoms with Gasteiger partial charge in [0.2, 0.25) is 5.91 Å². The Balaban J connectivity index is 1.79. The maximum Gasteiger partial charge on any atom is 0.294 e. The molecule has 166 valence electrons. The first-order valence-corrected chi connectivity index (χ1v) is 10.3. The van der Waals surface area contributed by atoms with Gasteiger partial charge in [0.05, 0.1) is 19.1 Å². The van der Waals surface area contributed by atoms with Crippen molar-refractivity contribution in [2.24, 2.45) is 0 Å². The van der Waals surface area contributed by atoms with Crippen molar-refractivity contribution in [1.29, 1.82) is 0 Å². The second-order valence-electron chi connectivity index (χ2n) is 6.73. The van der Waals surface area contributed by atoms with Crippen LogP contribution in [0.5, 0.6) is 11.5 Å². The number of hydrogen-bond acceptors (Lipinski definition) is 6. The molecule has 0 aliphatic carbocycles. The molecule has 0 aromatic heterocycles. The van der Waals surface area contributed by atoms with Crippen molar-refractivity contribution in [3.63, 3.8) is 0 Å². The lowest BCUT2D eigenvalue weighted by molar-refractivity contribution is -0.127. The van der Waals surface area contributed by atoms with Crippen LogP contribution < -0.4 is 14.8 Å². The van der Waals surface area contributed by atoms with Crippen molar-refractivity contribution >= 4 is 40.6 Å². The van der Waals surface area contributed by atoms with Crippen LogP contribution in [0.3, 0.4) is 0 Å². The lowest BCUT2D eigenvalue weighted by Crippen LogP contribution is -2.36. The van der Waals surface area contributed by atoms with Crippen LogP contribution in [0.1, 0.15) is 11.1 Å². The molecule has 3 rings (SSSR count). The largest absolute Gasteiger partial charge is 0.493 e. The van der Waals surface area contributed by atoms with Crippen molar-refractivity contribution < 1.29 is 28.2 Å². The van der Waals surface area contributed by atoms with E-state index in [0.717, 1.165) is 22.2 Å². The number of allylic oxidation sites excluding steroid dienone is 1. The maximum atomic E-state index is 13.0. The average Bonchev–Trinajstić information content (AvgIpc) is 3.02. The molecule has 0 atom stereocenters. The minimum absolute atomic E-state index is 0.182. The van der Waals surface area contributed by atoms with Crippen LogP contribution in [0, 0.1) is 5.82 Å². The van der Waals surface area contributed by atoms with Crippen molar-refractivity contribution in [3.8, 4) is 11.5 Å². The second kappa shape index (κ2) is 10.1. The van der Waals surface area contributed by atoms with Gasteiger partial charge in [0.15, 0.2) is 11.5 Å². The number of carbonyl (C=O) groups is 3. The van der Waals surface area contributed by atoms with Crippen molar-refractivity contribution in [3.05, 3.63) is 70.9 Å². The van der Waals surface area contributed by atoms with Gasteiger partial charge in [-0.1, -0.05) is 6.08 Å². The van der Waals surface area contributed by atoms with Gasteiger partial charge in [-0.2, -0.15) is 0 Å².